The van der Waals surface area contributed by atoms with E-state index in [9.17, 15) is 4.79 Å². The fourth-order valence-corrected chi connectivity index (χ4v) is 3.25. The van der Waals surface area contributed by atoms with E-state index in [0.29, 0.717) is 24.0 Å². The van der Waals surface area contributed by atoms with Crippen molar-refractivity contribution in [3.8, 4) is 11.5 Å². The Balaban J connectivity index is 1.47. The predicted molar refractivity (Wildman–Crippen MR) is 90.4 cm³/mol. The number of amides is 1. The minimum absolute atomic E-state index is 0.104. The highest BCUT2D eigenvalue weighted by molar-refractivity contribution is 5.82. The summed E-state index contributed by atoms with van der Waals surface area (Å²) in [5.74, 6) is 1.70. The molecular formula is C18H26N2O4. The van der Waals surface area contributed by atoms with Crippen LogP contribution >= 0.6 is 0 Å². The third-order valence-corrected chi connectivity index (χ3v) is 4.65. The number of fused-ring (bicyclic) bond motifs is 1. The number of nitrogens with zero attached hydrogens (tertiary/aromatic N) is 1. The van der Waals surface area contributed by atoms with Crippen molar-refractivity contribution < 1.29 is 19.0 Å². The minimum Gasteiger partial charge on any atom is -0.482 e. The van der Waals surface area contributed by atoms with Gasteiger partial charge in [0.15, 0.2) is 11.5 Å². The fraction of sp³-hybridized carbons (Fsp3) is 0.611. The van der Waals surface area contributed by atoms with Crippen molar-refractivity contribution in [1.82, 2.24) is 10.2 Å². The van der Waals surface area contributed by atoms with E-state index in [4.69, 9.17) is 14.2 Å². The summed E-state index contributed by atoms with van der Waals surface area (Å²) in [5, 5.41) is 3.03. The van der Waals surface area contributed by atoms with Gasteiger partial charge in [0.1, 0.15) is 6.10 Å². The Morgan fingerprint density at radius 1 is 1.33 bits per heavy atom. The van der Waals surface area contributed by atoms with E-state index >= 15 is 0 Å². The van der Waals surface area contributed by atoms with Crippen molar-refractivity contribution in [3.63, 3.8) is 0 Å². The third-order valence-electron chi connectivity index (χ3n) is 4.65. The molecule has 0 saturated carbocycles. The number of rotatable bonds is 6. The van der Waals surface area contributed by atoms with Crippen LogP contribution in [0.5, 0.6) is 11.5 Å². The number of methoxy groups -OCH3 is 1. The summed E-state index contributed by atoms with van der Waals surface area (Å²) in [6.45, 7) is 6.32. The number of hydrogen-bond donors (Lipinski definition) is 1. The lowest BCUT2D eigenvalue weighted by Gasteiger charge is -2.31. The van der Waals surface area contributed by atoms with Crippen LogP contribution in [0.25, 0.3) is 0 Å². The van der Waals surface area contributed by atoms with Crippen LogP contribution in [-0.4, -0.2) is 62.9 Å². The summed E-state index contributed by atoms with van der Waals surface area (Å²) in [4.78, 5) is 14.9. The van der Waals surface area contributed by atoms with Crippen LogP contribution in [0.15, 0.2) is 24.3 Å². The topological polar surface area (TPSA) is 60.0 Å². The van der Waals surface area contributed by atoms with Crippen LogP contribution in [0.2, 0.25) is 0 Å². The van der Waals surface area contributed by atoms with Crippen molar-refractivity contribution >= 4 is 5.91 Å². The van der Waals surface area contributed by atoms with Crippen LogP contribution in [0.4, 0.5) is 0 Å². The number of hydrogen-bond acceptors (Lipinski definition) is 5. The van der Waals surface area contributed by atoms with Crippen molar-refractivity contribution in [2.45, 2.75) is 25.6 Å². The molecule has 0 spiro atoms. The monoisotopic (exact) mass is 334 g/mol. The molecule has 3 rings (SSSR count). The number of likely N-dealkylation sites (tertiary alicyclic amines) is 1. The molecule has 2 aliphatic heterocycles. The van der Waals surface area contributed by atoms with Crippen LogP contribution in [0.1, 0.15) is 13.3 Å². The van der Waals surface area contributed by atoms with E-state index in [1.54, 1.807) is 7.11 Å². The van der Waals surface area contributed by atoms with E-state index in [2.05, 4.69) is 10.2 Å². The second-order valence-corrected chi connectivity index (χ2v) is 6.50. The molecule has 6 heteroatoms. The smallest absolute Gasteiger partial charge is 0.265 e. The van der Waals surface area contributed by atoms with Crippen molar-refractivity contribution in [3.05, 3.63) is 24.3 Å². The first-order chi connectivity index (χ1) is 11.7. The number of para-hydroxylation sites is 2. The zero-order chi connectivity index (χ0) is 16.9. The lowest BCUT2D eigenvalue weighted by Crippen LogP contribution is -2.50. The maximum absolute atomic E-state index is 12.5. The molecule has 1 amide bonds. The lowest BCUT2D eigenvalue weighted by molar-refractivity contribution is -0.133. The van der Waals surface area contributed by atoms with Gasteiger partial charge in [-0.1, -0.05) is 12.1 Å². The van der Waals surface area contributed by atoms with E-state index in [1.807, 2.05) is 31.2 Å². The first-order valence-electron chi connectivity index (χ1n) is 8.58. The van der Waals surface area contributed by atoms with Gasteiger partial charge in [0.2, 0.25) is 6.10 Å². The second-order valence-electron chi connectivity index (χ2n) is 6.50. The van der Waals surface area contributed by atoms with Gasteiger partial charge in [-0.15, -0.1) is 0 Å². The van der Waals surface area contributed by atoms with Crippen molar-refractivity contribution in [2.24, 2.45) is 5.92 Å². The molecule has 0 bridgehead atoms. The summed E-state index contributed by atoms with van der Waals surface area (Å²) in [5.41, 5.74) is 0. The minimum atomic E-state index is -0.606. The zero-order valence-corrected chi connectivity index (χ0v) is 14.4. The Kier molecular flexibility index (Phi) is 5.58. The molecule has 2 heterocycles. The van der Waals surface area contributed by atoms with Crippen LogP contribution in [0.3, 0.4) is 0 Å². The Morgan fingerprint density at radius 2 is 2.08 bits per heavy atom. The summed E-state index contributed by atoms with van der Waals surface area (Å²) in [7, 11) is 1.72. The average Bonchev–Trinajstić information content (AvgIpc) is 3.05. The van der Waals surface area contributed by atoms with Gasteiger partial charge in [0, 0.05) is 26.7 Å². The summed E-state index contributed by atoms with van der Waals surface area (Å²) >= 11 is 0. The zero-order valence-electron chi connectivity index (χ0n) is 14.4. The van der Waals surface area contributed by atoms with E-state index in [-0.39, 0.29) is 12.0 Å². The number of carbonyl (C=O) groups is 1. The number of carbonyl (C=O) groups excluding carboxylic acids is 1. The molecule has 1 aromatic rings. The average molecular weight is 334 g/mol. The Labute approximate surface area is 143 Å². The molecule has 1 aromatic carbocycles. The molecule has 1 saturated heterocycles. The molecule has 0 unspecified atom stereocenters. The van der Waals surface area contributed by atoms with Crippen molar-refractivity contribution in [1.29, 1.82) is 0 Å². The molecule has 1 fully saturated rings. The molecule has 1 N–H and O–H groups in total. The lowest BCUT2D eigenvalue weighted by atomic mass is 10.1. The van der Waals surface area contributed by atoms with Gasteiger partial charge in [-0.05, 0) is 37.9 Å². The second kappa shape index (κ2) is 7.85. The maximum Gasteiger partial charge on any atom is 0.265 e. The highest BCUT2D eigenvalue weighted by Gasteiger charge is 2.34. The van der Waals surface area contributed by atoms with Gasteiger partial charge in [-0.2, -0.15) is 0 Å². The molecule has 2 aliphatic rings. The van der Waals surface area contributed by atoms with Gasteiger partial charge in [-0.25, -0.2) is 0 Å². The van der Waals surface area contributed by atoms with E-state index in [0.717, 1.165) is 32.7 Å². The van der Waals surface area contributed by atoms with Crippen LogP contribution in [0, 0.1) is 5.92 Å². The number of benzene rings is 1. The highest BCUT2D eigenvalue weighted by Crippen LogP contribution is 2.33. The third kappa shape index (κ3) is 3.99. The fourth-order valence-electron chi connectivity index (χ4n) is 3.25. The van der Waals surface area contributed by atoms with Crippen LogP contribution in [-0.2, 0) is 9.53 Å². The Bertz CT molecular complexity index is 566. The summed E-state index contributed by atoms with van der Waals surface area (Å²) in [6.07, 6.45) is 0.192. The molecule has 0 aliphatic carbocycles. The number of nitrogens with one attached hydrogen (secondary N) is 1. The van der Waals surface area contributed by atoms with E-state index in [1.165, 1.54) is 0 Å². The Hall–Kier alpha value is -1.79. The largest absolute Gasteiger partial charge is 0.482 e. The van der Waals surface area contributed by atoms with Crippen molar-refractivity contribution in [2.75, 3.05) is 39.9 Å². The quantitative estimate of drug-likeness (QED) is 0.850. The molecule has 0 radical (unpaired) electrons. The summed E-state index contributed by atoms with van der Waals surface area (Å²) < 4.78 is 16.7. The molecule has 6 nitrogen and oxygen atoms in total. The Morgan fingerprint density at radius 3 is 2.83 bits per heavy atom. The van der Waals surface area contributed by atoms with Gasteiger partial charge in [-0.3, -0.25) is 4.79 Å². The molecule has 132 valence electrons. The molecular weight excluding hydrogens is 308 g/mol. The van der Waals surface area contributed by atoms with Gasteiger partial charge in [0.25, 0.3) is 5.91 Å². The summed E-state index contributed by atoms with van der Waals surface area (Å²) in [6, 6.07) is 7.45. The van der Waals surface area contributed by atoms with Gasteiger partial charge >= 0.3 is 0 Å². The first kappa shape index (κ1) is 17.0. The van der Waals surface area contributed by atoms with E-state index < -0.39 is 6.10 Å². The SMILES string of the molecule is COCCN1CC[C@H](CNC(=O)[C@H]2Oc3ccccc3O[C@H]2C)C1. The van der Waals surface area contributed by atoms with Gasteiger partial charge < -0.3 is 24.4 Å². The molecule has 3 atom stereocenters. The highest BCUT2D eigenvalue weighted by atomic mass is 16.6. The number of ether oxygens (including phenoxy) is 3. The van der Waals surface area contributed by atoms with Crippen LogP contribution < -0.4 is 14.8 Å². The molecule has 24 heavy (non-hydrogen) atoms. The van der Waals surface area contributed by atoms with Gasteiger partial charge in [0.05, 0.1) is 6.61 Å². The standard InChI is InChI=1S/C18H26N2O4/c1-13-17(24-16-6-4-3-5-15(16)23-13)18(21)19-11-14-7-8-20(12-14)9-10-22-2/h3-6,13-14,17H,7-12H2,1-2H3,(H,19,21)/t13-,14+,17-/m0/s1. The predicted octanol–water partition coefficient (Wildman–Crippen LogP) is 1.30. The first-order valence-corrected chi connectivity index (χ1v) is 8.58. The normalized spacial score (nSPS) is 26.3. The maximum atomic E-state index is 12.5. The molecule has 0 aromatic heterocycles.